The van der Waals surface area contributed by atoms with E-state index in [1.807, 2.05) is 0 Å². The van der Waals surface area contributed by atoms with Crippen molar-refractivity contribution >= 4 is 0 Å². The molecule has 0 saturated carbocycles. The maximum absolute atomic E-state index is 14.1. The first kappa shape index (κ1) is 22.1. The molecule has 1 fully saturated rings. The molecule has 1 heterocycles. The minimum atomic E-state index is -2.99. The van der Waals surface area contributed by atoms with Gasteiger partial charge in [-0.25, -0.2) is 4.39 Å². The molecule has 2 aromatic carbocycles. The summed E-state index contributed by atoms with van der Waals surface area (Å²) in [6.07, 6.45) is 0.967. The largest absolute Gasteiger partial charge is 0.434 e. The Hall–Kier alpha value is -2.56. The number of hydrogen-bond acceptors (Lipinski definition) is 4. The summed E-state index contributed by atoms with van der Waals surface area (Å²) in [5, 5.41) is 8.94. The minimum absolute atomic E-state index is 0.0301. The molecule has 0 spiro atoms. The third kappa shape index (κ3) is 5.32. The Bertz CT molecular complexity index is 928. The van der Waals surface area contributed by atoms with Crippen LogP contribution < -0.4 is 10.5 Å². The number of benzene rings is 2. The zero-order chi connectivity index (χ0) is 21.8. The summed E-state index contributed by atoms with van der Waals surface area (Å²) in [6.45, 7) is 3.69. The maximum atomic E-state index is 14.1. The SMILES string of the molecule is C[C@@H]1CC(N)[C@H](C)CN(Cc2ccc(OC(F)F)c(-c3ccc(C#N)c(F)c3)c2)C1. The lowest BCUT2D eigenvalue weighted by molar-refractivity contribution is -0.0494. The highest BCUT2D eigenvalue weighted by molar-refractivity contribution is 5.72. The van der Waals surface area contributed by atoms with Gasteiger partial charge < -0.3 is 10.5 Å². The van der Waals surface area contributed by atoms with Crippen LogP contribution in [-0.4, -0.2) is 30.6 Å². The highest BCUT2D eigenvalue weighted by atomic mass is 19.3. The summed E-state index contributed by atoms with van der Waals surface area (Å²) in [5.41, 5.74) is 7.81. The molecule has 0 aromatic heterocycles. The van der Waals surface area contributed by atoms with E-state index in [-0.39, 0.29) is 17.4 Å². The van der Waals surface area contributed by atoms with E-state index in [1.54, 1.807) is 18.2 Å². The number of nitriles is 1. The van der Waals surface area contributed by atoms with Crippen LogP contribution in [0.25, 0.3) is 11.1 Å². The molecule has 1 unspecified atom stereocenters. The molecule has 2 N–H and O–H groups in total. The van der Waals surface area contributed by atoms with E-state index in [0.29, 0.717) is 29.5 Å². The lowest BCUT2D eigenvalue weighted by atomic mass is 9.96. The van der Waals surface area contributed by atoms with Gasteiger partial charge in [0.15, 0.2) is 0 Å². The van der Waals surface area contributed by atoms with E-state index in [2.05, 4.69) is 23.5 Å². The van der Waals surface area contributed by atoms with Crippen LogP contribution in [0.5, 0.6) is 5.75 Å². The number of rotatable bonds is 5. The average Bonchev–Trinajstić information content (AvgIpc) is 2.79. The Morgan fingerprint density at radius 3 is 2.63 bits per heavy atom. The number of ether oxygens (including phenoxy) is 1. The van der Waals surface area contributed by atoms with Crippen LogP contribution >= 0.6 is 0 Å². The molecule has 4 nitrogen and oxygen atoms in total. The highest BCUT2D eigenvalue weighted by Crippen LogP contribution is 2.34. The lowest BCUT2D eigenvalue weighted by Gasteiger charge is -2.25. The zero-order valence-corrected chi connectivity index (χ0v) is 17.1. The molecular formula is C23H26F3N3O. The van der Waals surface area contributed by atoms with Crippen LogP contribution in [0.4, 0.5) is 13.2 Å². The molecule has 3 rings (SSSR count). The van der Waals surface area contributed by atoms with Gasteiger partial charge in [-0.05, 0) is 53.6 Å². The van der Waals surface area contributed by atoms with Crippen molar-refractivity contribution in [3.8, 4) is 22.9 Å². The second-order valence-electron chi connectivity index (χ2n) is 8.19. The van der Waals surface area contributed by atoms with Gasteiger partial charge in [0.25, 0.3) is 0 Å². The van der Waals surface area contributed by atoms with Crippen LogP contribution in [0.2, 0.25) is 0 Å². The molecule has 30 heavy (non-hydrogen) atoms. The number of likely N-dealkylation sites (tertiary alicyclic amines) is 1. The van der Waals surface area contributed by atoms with Crippen molar-refractivity contribution in [1.82, 2.24) is 4.90 Å². The second kappa shape index (κ2) is 9.50. The van der Waals surface area contributed by atoms with Crippen molar-refractivity contribution in [2.75, 3.05) is 13.1 Å². The third-order valence-electron chi connectivity index (χ3n) is 5.59. The summed E-state index contributed by atoms with van der Waals surface area (Å²) in [5.74, 6) is 0.0759. The maximum Gasteiger partial charge on any atom is 0.387 e. The smallest absolute Gasteiger partial charge is 0.387 e. The molecule has 0 amide bonds. The molecule has 0 bridgehead atoms. The van der Waals surface area contributed by atoms with E-state index in [9.17, 15) is 13.2 Å². The Kier molecular flexibility index (Phi) is 7.01. The molecule has 1 aliphatic heterocycles. The summed E-state index contributed by atoms with van der Waals surface area (Å²) in [6, 6.07) is 11.0. The minimum Gasteiger partial charge on any atom is -0.434 e. The van der Waals surface area contributed by atoms with E-state index >= 15 is 0 Å². The third-order valence-corrected chi connectivity index (χ3v) is 5.59. The average molecular weight is 417 g/mol. The van der Waals surface area contributed by atoms with Crippen molar-refractivity contribution in [3.63, 3.8) is 0 Å². The van der Waals surface area contributed by atoms with Crippen LogP contribution in [0.15, 0.2) is 36.4 Å². The van der Waals surface area contributed by atoms with E-state index < -0.39 is 12.4 Å². The first-order valence-electron chi connectivity index (χ1n) is 10.0. The van der Waals surface area contributed by atoms with Crippen molar-refractivity contribution in [3.05, 3.63) is 53.3 Å². The number of hydrogen-bond donors (Lipinski definition) is 1. The Morgan fingerprint density at radius 2 is 1.97 bits per heavy atom. The highest BCUT2D eigenvalue weighted by Gasteiger charge is 2.25. The van der Waals surface area contributed by atoms with Gasteiger partial charge in [-0.3, -0.25) is 4.90 Å². The summed E-state index contributed by atoms with van der Waals surface area (Å²) >= 11 is 0. The lowest BCUT2D eigenvalue weighted by Crippen LogP contribution is -2.34. The van der Waals surface area contributed by atoms with Gasteiger partial charge in [0, 0.05) is 31.2 Å². The quantitative estimate of drug-likeness (QED) is 0.761. The van der Waals surface area contributed by atoms with Crippen molar-refractivity contribution in [1.29, 1.82) is 5.26 Å². The number of nitrogens with zero attached hydrogens (tertiary/aromatic N) is 2. The predicted molar refractivity (Wildman–Crippen MR) is 109 cm³/mol. The van der Waals surface area contributed by atoms with Crippen LogP contribution in [-0.2, 0) is 6.54 Å². The van der Waals surface area contributed by atoms with Gasteiger partial charge in [-0.2, -0.15) is 14.0 Å². The molecule has 1 aliphatic rings. The van der Waals surface area contributed by atoms with Crippen LogP contribution in [0, 0.1) is 29.0 Å². The first-order chi connectivity index (χ1) is 14.3. The van der Waals surface area contributed by atoms with Gasteiger partial charge >= 0.3 is 6.61 Å². The molecule has 0 aliphatic carbocycles. The number of halogens is 3. The number of nitrogens with two attached hydrogens (primary N) is 1. The molecule has 7 heteroatoms. The van der Waals surface area contributed by atoms with Gasteiger partial charge in [-0.1, -0.05) is 26.0 Å². The Balaban J connectivity index is 1.93. The van der Waals surface area contributed by atoms with Crippen LogP contribution in [0.1, 0.15) is 31.4 Å². The molecule has 3 atom stereocenters. The Labute approximate surface area is 175 Å². The fourth-order valence-corrected chi connectivity index (χ4v) is 4.09. The van der Waals surface area contributed by atoms with Crippen molar-refractivity contribution < 1.29 is 17.9 Å². The first-order valence-corrected chi connectivity index (χ1v) is 10.0. The van der Waals surface area contributed by atoms with Crippen molar-refractivity contribution in [2.24, 2.45) is 17.6 Å². The van der Waals surface area contributed by atoms with E-state index in [0.717, 1.165) is 25.1 Å². The number of alkyl halides is 2. The monoisotopic (exact) mass is 417 g/mol. The predicted octanol–water partition coefficient (Wildman–Crippen LogP) is 4.77. The van der Waals surface area contributed by atoms with Crippen LogP contribution in [0.3, 0.4) is 0 Å². The van der Waals surface area contributed by atoms with E-state index in [1.165, 1.54) is 24.3 Å². The fraction of sp³-hybridized carbons (Fsp3) is 0.435. The molecular weight excluding hydrogens is 391 g/mol. The fourth-order valence-electron chi connectivity index (χ4n) is 4.09. The Morgan fingerprint density at radius 1 is 1.20 bits per heavy atom. The molecule has 160 valence electrons. The molecule has 0 radical (unpaired) electrons. The summed E-state index contributed by atoms with van der Waals surface area (Å²) in [4.78, 5) is 2.31. The van der Waals surface area contributed by atoms with Gasteiger partial charge in [0.2, 0.25) is 0 Å². The summed E-state index contributed by atoms with van der Waals surface area (Å²) in [7, 11) is 0. The second-order valence-corrected chi connectivity index (χ2v) is 8.19. The molecule has 2 aromatic rings. The zero-order valence-electron chi connectivity index (χ0n) is 17.1. The normalized spacial score (nSPS) is 22.5. The van der Waals surface area contributed by atoms with E-state index in [4.69, 9.17) is 11.0 Å². The van der Waals surface area contributed by atoms with Gasteiger partial charge in [0.05, 0.1) is 5.56 Å². The standard InChI is InChI=1S/C23H26F3N3O/c1-14-7-21(28)15(2)12-29(11-14)13-16-3-6-22(30-23(25)26)19(8-16)17-4-5-18(10-27)20(24)9-17/h3-6,8-9,14-15,21,23H,7,11-13,28H2,1-2H3/t14-,15-,21?/m1/s1. The summed E-state index contributed by atoms with van der Waals surface area (Å²) < 4.78 is 44.6. The van der Waals surface area contributed by atoms with Gasteiger partial charge in [0.1, 0.15) is 17.6 Å². The van der Waals surface area contributed by atoms with Crippen molar-refractivity contribution in [2.45, 2.75) is 39.5 Å². The van der Waals surface area contributed by atoms with Gasteiger partial charge in [-0.15, -0.1) is 0 Å². The molecule has 1 saturated heterocycles. The topological polar surface area (TPSA) is 62.3 Å².